The van der Waals surface area contributed by atoms with Crippen LogP contribution in [0.2, 0.25) is 0 Å². The topological polar surface area (TPSA) is 39.9 Å². The first-order valence-electron chi connectivity index (χ1n) is 6.32. The predicted octanol–water partition coefficient (Wildman–Crippen LogP) is 3.58. The van der Waals surface area contributed by atoms with Gasteiger partial charge in [-0.3, -0.25) is 0 Å². The molecule has 19 heavy (non-hydrogen) atoms. The molecule has 1 heterocycles. The van der Waals surface area contributed by atoms with E-state index in [9.17, 15) is 0 Å². The molecule has 1 aromatic carbocycles. The van der Waals surface area contributed by atoms with E-state index in [1.54, 1.807) is 6.33 Å². The number of benzene rings is 1. The second-order valence-electron chi connectivity index (χ2n) is 4.95. The maximum Gasteiger partial charge on any atom is 0.164 e. The van der Waals surface area contributed by atoms with Crippen LogP contribution in [-0.2, 0) is 13.2 Å². The molecule has 0 aliphatic heterocycles. The van der Waals surface area contributed by atoms with Crippen molar-refractivity contribution in [3.63, 3.8) is 0 Å². The molecule has 0 saturated carbocycles. The van der Waals surface area contributed by atoms with Crippen molar-refractivity contribution in [3.8, 4) is 5.75 Å². The normalized spacial score (nSPS) is 11.0. The number of nitrogens with zero attached hydrogens (tertiary/aromatic N) is 3. The summed E-state index contributed by atoms with van der Waals surface area (Å²) in [4.78, 5) is 4.25. The summed E-state index contributed by atoms with van der Waals surface area (Å²) in [6.45, 7) is 7.64. The molecule has 5 heteroatoms. The molecular weight excluding hydrogens is 306 g/mol. The van der Waals surface area contributed by atoms with E-state index < -0.39 is 0 Å². The monoisotopic (exact) mass is 323 g/mol. The van der Waals surface area contributed by atoms with Gasteiger partial charge in [0.05, 0.1) is 0 Å². The molecule has 2 rings (SSSR count). The largest absolute Gasteiger partial charge is 0.485 e. The Labute approximate surface area is 121 Å². The smallest absolute Gasteiger partial charge is 0.164 e. The van der Waals surface area contributed by atoms with Gasteiger partial charge < -0.3 is 4.74 Å². The Balaban J connectivity index is 2.06. The summed E-state index contributed by atoms with van der Waals surface area (Å²) in [5.41, 5.74) is 1.11. The zero-order chi connectivity index (χ0) is 13.8. The summed E-state index contributed by atoms with van der Waals surface area (Å²) in [6.07, 6.45) is 1.58. The zero-order valence-corrected chi connectivity index (χ0v) is 13.0. The number of aromatic nitrogens is 3. The van der Waals surface area contributed by atoms with Gasteiger partial charge in [0.15, 0.2) is 5.82 Å². The summed E-state index contributed by atoms with van der Waals surface area (Å²) < 4.78 is 8.74. The molecule has 4 nitrogen and oxygen atoms in total. The molecule has 0 bridgehead atoms. The van der Waals surface area contributed by atoms with Gasteiger partial charge in [0, 0.05) is 11.0 Å². The van der Waals surface area contributed by atoms with Gasteiger partial charge in [-0.15, -0.1) is 0 Å². The Morgan fingerprint density at radius 1 is 1.37 bits per heavy atom. The molecule has 0 saturated heterocycles. The Morgan fingerprint density at radius 2 is 2.16 bits per heavy atom. The summed E-state index contributed by atoms with van der Waals surface area (Å²) in [5.74, 6) is 2.26. The second-order valence-corrected chi connectivity index (χ2v) is 5.87. The van der Waals surface area contributed by atoms with Crippen molar-refractivity contribution in [3.05, 3.63) is 40.4 Å². The fraction of sp³-hybridized carbons (Fsp3) is 0.429. The van der Waals surface area contributed by atoms with Crippen molar-refractivity contribution in [1.29, 1.82) is 0 Å². The molecule has 0 radical (unpaired) electrons. The van der Waals surface area contributed by atoms with Crippen molar-refractivity contribution in [2.75, 3.05) is 0 Å². The Morgan fingerprint density at radius 3 is 2.89 bits per heavy atom. The highest BCUT2D eigenvalue weighted by atomic mass is 79.9. The number of aryl methyl sites for hydroxylation is 1. The molecule has 0 aliphatic carbocycles. The van der Waals surface area contributed by atoms with Crippen LogP contribution in [0.3, 0.4) is 0 Å². The molecule has 0 unspecified atom stereocenters. The van der Waals surface area contributed by atoms with Crippen molar-refractivity contribution >= 4 is 15.9 Å². The Hall–Kier alpha value is -1.36. The van der Waals surface area contributed by atoms with Crippen LogP contribution in [0.5, 0.6) is 5.75 Å². The van der Waals surface area contributed by atoms with E-state index >= 15 is 0 Å². The fourth-order valence-corrected chi connectivity index (χ4v) is 2.11. The third-order valence-corrected chi connectivity index (χ3v) is 3.23. The second kappa shape index (κ2) is 6.19. The molecule has 0 amide bonds. The van der Waals surface area contributed by atoms with E-state index in [1.807, 2.05) is 29.8 Å². The van der Waals surface area contributed by atoms with E-state index in [0.717, 1.165) is 28.2 Å². The van der Waals surface area contributed by atoms with Crippen LogP contribution in [0.4, 0.5) is 0 Å². The summed E-state index contributed by atoms with van der Waals surface area (Å²) >= 11 is 3.45. The van der Waals surface area contributed by atoms with Crippen molar-refractivity contribution < 1.29 is 4.74 Å². The van der Waals surface area contributed by atoms with Crippen LogP contribution in [-0.4, -0.2) is 14.8 Å². The Bertz CT molecular complexity index is 551. The number of halogens is 1. The number of hydrogen-bond donors (Lipinski definition) is 0. The summed E-state index contributed by atoms with van der Waals surface area (Å²) in [7, 11) is 0. The lowest BCUT2D eigenvalue weighted by molar-refractivity contribution is 0.280. The first-order chi connectivity index (χ1) is 9.06. The van der Waals surface area contributed by atoms with E-state index in [-0.39, 0.29) is 0 Å². The van der Waals surface area contributed by atoms with Gasteiger partial charge in [0.2, 0.25) is 0 Å². The minimum absolute atomic E-state index is 0.435. The predicted molar refractivity (Wildman–Crippen MR) is 78.1 cm³/mol. The summed E-state index contributed by atoms with van der Waals surface area (Å²) in [5, 5.41) is 4.22. The molecule has 1 aromatic heterocycles. The number of rotatable bonds is 5. The average molecular weight is 324 g/mol. The van der Waals surface area contributed by atoms with Gasteiger partial charge in [-0.25, -0.2) is 9.67 Å². The summed E-state index contributed by atoms with van der Waals surface area (Å²) in [6, 6.07) is 6.00. The SMILES string of the molecule is Cc1ccc(Br)cc1OCc1ncnn1CC(C)C. The van der Waals surface area contributed by atoms with Gasteiger partial charge in [-0.05, 0) is 30.5 Å². The maximum absolute atomic E-state index is 5.83. The average Bonchev–Trinajstić information content (AvgIpc) is 2.77. The van der Waals surface area contributed by atoms with Crippen LogP contribution in [0.1, 0.15) is 25.2 Å². The van der Waals surface area contributed by atoms with Crippen LogP contribution in [0.15, 0.2) is 29.0 Å². The van der Waals surface area contributed by atoms with Crippen LogP contribution < -0.4 is 4.74 Å². The van der Waals surface area contributed by atoms with Crippen LogP contribution in [0, 0.1) is 12.8 Å². The van der Waals surface area contributed by atoms with E-state index in [0.29, 0.717) is 12.5 Å². The molecule has 0 atom stereocenters. The molecule has 0 spiro atoms. The third-order valence-electron chi connectivity index (χ3n) is 2.74. The quantitative estimate of drug-likeness (QED) is 0.844. The molecule has 102 valence electrons. The lowest BCUT2D eigenvalue weighted by Gasteiger charge is -2.11. The minimum atomic E-state index is 0.435. The van der Waals surface area contributed by atoms with Crippen LogP contribution in [0.25, 0.3) is 0 Å². The first kappa shape index (κ1) is 14.1. The highest BCUT2D eigenvalue weighted by Crippen LogP contribution is 2.23. The van der Waals surface area contributed by atoms with E-state index in [4.69, 9.17) is 4.74 Å². The molecule has 0 N–H and O–H groups in total. The van der Waals surface area contributed by atoms with Crippen molar-refractivity contribution in [2.45, 2.75) is 33.9 Å². The molecule has 2 aromatic rings. The molecular formula is C14H18BrN3O. The molecule has 0 fully saturated rings. The minimum Gasteiger partial charge on any atom is -0.485 e. The van der Waals surface area contributed by atoms with Gasteiger partial charge in [-0.2, -0.15) is 5.10 Å². The van der Waals surface area contributed by atoms with E-state index in [2.05, 4.69) is 39.9 Å². The van der Waals surface area contributed by atoms with Gasteiger partial charge in [0.25, 0.3) is 0 Å². The Kier molecular flexibility index (Phi) is 4.58. The number of ether oxygens (including phenoxy) is 1. The molecule has 0 aliphatic rings. The lowest BCUT2D eigenvalue weighted by Crippen LogP contribution is -2.12. The lowest BCUT2D eigenvalue weighted by atomic mass is 10.2. The van der Waals surface area contributed by atoms with Gasteiger partial charge in [-0.1, -0.05) is 35.8 Å². The third kappa shape index (κ3) is 3.80. The number of hydrogen-bond acceptors (Lipinski definition) is 3. The van der Waals surface area contributed by atoms with E-state index in [1.165, 1.54) is 0 Å². The maximum atomic E-state index is 5.83. The van der Waals surface area contributed by atoms with Crippen molar-refractivity contribution in [1.82, 2.24) is 14.8 Å². The highest BCUT2D eigenvalue weighted by molar-refractivity contribution is 9.10. The van der Waals surface area contributed by atoms with Crippen molar-refractivity contribution in [2.24, 2.45) is 5.92 Å². The fourth-order valence-electron chi connectivity index (χ4n) is 1.77. The van der Waals surface area contributed by atoms with Gasteiger partial charge in [0.1, 0.15) is 18.7 Å². The van der Waals surface area contributed by atoms with Crippen LogP contribution >= 0.6 is 15.9 Å². The first-order valence-corrected chi connectivity index (χ1v) is 7.11. The zero-order valence-electron chi connectivity index (χ0n) is 11.4. The standard InChI is InChI=1S/C14H18BrN3O/c1-10(2)7-18-14(16-9-17-18)8-19-13-6-12(15)5-4-11(13)3/h4-6,9-10H,7-8H2,1-3H3. The highest BCUT2D eigenvalue weighted by Gasteiger charge is 2.08. The van der Waals surface area contributed by atoms with Gasteiger partial charge >= 0.3 is 0 Å².